The van der Waals surface area contributed by atoms with Crippen LogP contribution in [0, 0.1) is 14.9 Å². The first kappa shape index (κ1) is 16.8. The summed E-state index contributed by atoms with van der Waals surface area (Å²) in [5.41, 5.74) is -0.0789. The lowest BCUT2D eigenvalue weighted by Gasteiger charge is -2.30. The summed E-state index contributed by atoms with van der Waals surface area (Å²) in [5, 5.41) is 12.6. The lowest BCUT2D eigenvalue weighted by atomic mass is 9.85. The zero-order chi connectivity index (χ0) is 15.3. The number of nitrogens with zero attached hydrogens (tertiary/aromatic N) is 1. The van der Waals surface area contributed by atoms with Gasteiger partial charge in [-0.3, -0.25) is 4.79 Å². The van der Waals surface area contributed by atoms with Crippen LogP contribution in [0.2, 0.25) is 0 Å². The molecule has 0 radical (unpaired) electrons. The molecule has 1 saturated carbocycles. The lowest BCUT2D eigenvalue weighted by Crippen LogP contribution is -2.48. The van der Waals surface area contributed by atoms with Gasteiger partial charge in [0.25, 0.3) is 5.91 Å². The number of hydrogen-bond acceptors (Lipinski definition) is 2. The van der Waals surface area contributed by atoms with Crippen LogP contribution in [0.5, 0.6) is 0 Å². The second kappa shape index (κ2) is 7.59. The van der Waals surface area contributed by atoms with Crippen LogP contribution in [0.25, 0.3) is 0 Å². The third-order valence-corrected chi connectivity index (χ3v) is 5.38. The topological polar surface area (TPSA) is 52.9 Å². The molecule has 112 valence electrons. The van der Waals surface area contributed by atoms with Gasteiger partial charge in [-0.25, -0.2) is 0 Å². The first-order valence-electron chi connectivity index (χ1n) is 7.25. The monoisotopic (exact) mass is 460 g/mol. The summed E-state index contributed by atoms with van der Waals surface area (Å²) in [6.45, 7) is 0. The van der Waals surface area contributed by atoms with Crippen LogP contribution in [0.1, 0.15) is 55.3 Å². The van der Waals surface area contributed by atoms with Crippen LogP contribution in [-0.4, -0.2) is 11.4 Å². The second-order valence-electron chi connectivity index (χ2n) is 5.54. The summed E-state index contributed by atoms with van der Waals surface area (Å²) < 4.78 is 1.77. The molecule has 0 saturated heterocycles. The number of nitriles is 1. The number of benzene rings is 1. The average Bonchev–Trinajstić information content (AvgIpc) is 2.44. The van der Waals surface area contributed by atoms with Crippen molar-refractivity contribution in [1.29, 1.82) is 5.26 Å². The van der Waals surface area contributed by atoms with Gasteiger partial charge in [-0.05, 0) is 53.6 Å². The van der Waals surface area contributed by atoms with Crippen molar-refractivity contribution >= 4 is 44.4 Å². The predicted molar refractivity (Wildman–Crippen MR) is 95.0 cm³/mol. The number of nitrogens with one attached hydrogen (secondary N) is 1. The summed E-state index contributed by atoms with van der Waals surface area (Å²) in [6, 6.07) is 8.00. The highest BCUT2D eigenvalue weighted by atomic mass is 127. The SMILES string of the molecule is N#CC1(NC(=O)c2cc(Br)ccc2I)CCCCCCC1. The highest BCUT2D eigenvalue weighted by Gasteiger charge is 2.32. The number of hydrogen-bond donors (Lipinski definition) is 1. The van der Waals surface area contributed by atoms with Gasteiger partial charge in [-0.15, -0.1) is 0 Å². The Hall–Kier alpha value is -0.610. The first-order valence-corrected chi connectivity index (χ1v) is 9.12. The van der Waals surface area contributed by atoms with Gasteiger partial charge >= 0.3 is 0 Å². The molecule has 21 heavy (non-hydrogen) atoms. The summed E-state index contributed by atoms with van der Waals surface area (Å²) in [6.07, 6.45) is 7.03. The van der Waals surface area contributed by atoms with Crippen molar-refractivity contribution in [2.75, 3.05) is 0 Å². The molecule has 0 heterocycles. The fourth-order valence-electron chi connectivity index (χ4n) is 2.73. The van der Waals surface area contributed by atoms with E-state index >= 15 is 0 Å². The average molecular weight is 461 g/mol. The minimum absolute atomic E-state index is 0.150. The van der Waals surface area contributed by atoms with E-state index in [0.29, 0.717) is 5.56 Å². The smallest absolute Gasteiger partial charge is 0.253 e. The highest BCUT2D eigenvalue weighted by Crippen LogP contribution is 2.27. The van der Waals surface area contributed by atoms with Crippen molar-refractivity contribution in [2.45, 2.75) is 50.5 Å². The second-order valence-corrected chi connectivity index (χ2v) is 7.62. The van der Waals surface area contributed by atoms with Gasteiger partial charge in [0.2, 0.25) is 0 Å². The van der Waals surface area contributed by atoms with Crippen LogP contribution >= 0.6 is 38.5 Å². The fourth-order valence-corrected chi connectivity index (χ4v) is 3.67. The molecule has 1 aliphatic rings. The molecule has 0 spiro atoms. The number of carbonyl (C=O) groups is 1. The Morgan fingerprint density at radius 3 is 2.48 bits per heavy atom. The Bertz CT molecular complexity index is 560. The Morgan fingerprint density at radius 1 is 1.24 bits per heavy atom. The molecule has 0 aromatic heterocycles. The first-order chi connectivity index (χ1) is 10.1. The molecule has 3 nitrogen and oxygen atoms in total. The minimum atomic E-state index is -0.705. The van der Waals surface area contributed by atoms with E-state index in [2.05, 4.69) is 49.9 Å². The van der Waals surface area contributed by atoms with E-state index in [1.54, 1.807) is 0 Å². The van der Waals surface area contributed by atoms with Crippen LogP contribution < -0.4 is 5.32 Å². The third kappa shape index (κ3) is 4.43. The number of carbonyl (C=O) groups excluding carboxylic acids is 1. The van der Waals surface area contributed by atoms with Crippen LogP contribution in [0.15, 0.2) is 22.7 Å². The molecule has 2 rings (SSSR count). The maximum atomic E-state index is 12.6. The molecule has 0 aliphatic heterocycles. The van der Waals surface area contributed by atoms with Crippen LogP contribution in [0.4, 0.5) is 0 Å². The molecule has 1 amide bonds. The largest absolute Gasteiger partial charge is 0.334 e. The van der Waals surface area contributed by atoms with Gasteiger partial charge in [-0.1, -0.05) is 48.0 Å². The number of halogens is 2. The van der Waals surface area contributed by atoms with Gasteiger partial charge < -0.3 is 5.32 Å². The van der Waals surface area contributed by atoms with Crippen molar-refractivity contribution in [3.05, 3.63) is 31.8 Å². The molecule has 0 bridgehead atoms. The lowest BCUT2D eigenvalue weighted by molar-refractivity contribution is 0.0906. The Labute approximate surface area is 147 Å². The summed E-state index contributed by atoms with van der Waals surface area (Å²) in [4.78, 5) is 12.6. The molecular weight excluding hydrogens is 443 g/mol. The summed E-state index contributed by atoms with van der Waals surface area (Å²) in [7, 11) is 0. The zero-order valence-corrected chi connectivity index (χ0v) is 15.5. The number of amides is 1. The Balaban J connectivity index is 2.18. The Kier molecular flexibility index (Phi) is 6.06. The van der Waals surface area contributed by atoms with Gasteiger partial charge in [0, 0.05) is 8.04 Å². The highest BCUT2D eigenvalue weighted by molar-refractivity contribution is 14.1. The quantitative estimate of drug-likeness (QED) is 0.645. The molecule has 1 fully saturated rings. The molecule has 0 unspecified atom stereocenters. The van der Waals surface area contributed by atoms with Crippen molar-refractivity contribution in [3.63, 3.8) is 0 Å². The summed E-state index contributed by atoms with van der Waals surface area (Å²) in [5.74, 6) is -0.150. The maximum Gasteiger partial charge on any atom is 0.253 e. The predicted octanol–water partition coefficient (Wildman–Crippen LogP) is 4.79. The normalized spacial score (nSPS) is 18.1. The van der Waals surface area contributed by atoms with E-state index in [1.807, 2.05) is 18.2 Å². The minimum Gasteiger partial charge on any atom is -0.334 e. The van der Waals surface area contributed by atoms with E-state index in [1.165, 1.54) is 6.42 Å². The van der Waals surface area contributed by atoms with Crippen molar-refractivity contribution in [2.24, 2.45) is 0 Å². The molecule has 1 aromatic rings. The Morgan fingerprint density at radius 2 is 1.86 bits per heavy atom. The molecule has 1 N–H and O–H groups in total. The zero-order valence-electron chi connectivity index (χ0n) is 11.8. The standard InChI is InChI=1S/C16H18BrIN2O/c17-12-6-7-14(18)13(10-12)15(21)20-16(11-19)8-4-2-1-3-5-9-16/h6-7,10H,1-5,8-9H2,(H,20,21). The van der Waals surface area contributed by atoms with E-state index in [-0.39, 0.29) is 5.91 Å². The molecule has 1 aliphatic carbocycles. The maximum absolute atomic E-state index is 12.6. The van der Waals surface area contributed by atoms with Gasteiger partial charge in [-0.2, -0.15) is 5.26 Å². The molecule has 1 aromatic carbocycles. The third-order valence-electron chi connectivity index (χ3n) is 3.95. The van der Waals surface area contributed by atoms with Gasteiger partial charge in [0.15, 0.2) is 0 Å². The van der Waals surface area contributed by atoms with Gasteiger partial charge in [0.05, 0.1) is 11.6 Å². The molecule has 5 heteroatoms. The van der Waals surface area contributed by atoms with E-state index in [4.69, 9.17) is 0 Å². The van der Waals surface area contributed by atoms with E-state index < -0.39 is 5.54 Å². The number of rotatable bonds is 2. The molecule has 0 atom stereocenters. The molecular formula is C16H18BrIN2O. The van der Waals surface area contributed by atoms with E-state index in [0.717, 1.165) is 46.6 Å². The van der Waals surface area contributed by atoms with E-state index in [9.17, 15) is 10.1 Å². The van der Waals surface area contributed by atoms with Crippen LogP contribution in [0.3, 0.4) is 0 Å². The van der Waals surface area contributed by atoms with Crippen molar-refractivity contribution in [3.8, 4) is 6.07 Å². The van der Waals surface area contributed by atoms with Gasteiger partial charge in [0.1, 0.15) is 5.54 Å². The van der Waals surface area contributed by atoms with Crippen LogP contribution in [-0.2, 0) is 0 Å². The fraction of sp³-hybridized carbons (Fsp3) is 0.500. The van der Waals surface area contributed by atoms with Crippen molar-refractivity contribution < 1.29 is 4.79 Å². The summed E-state index contributed by atoms with van der Waals surface area (Å²) >= 11 is 5.55. The van der Waals surface area contributed by atoms with Crippen molar-refractivity contribution in [1.82, 2.24) is 5.32 Å².